The fraction of sp³-hybridized carbons (Fsp3) is 1.00. The zero-order valence-corrected chi connectivity index (χ0v) is 14.8. The summed E-state index contributed by atoms with van der Waals surface area (Å²) >= 11 is 4.57. The summed E-state index contributed by atoms with van der Waals surface area (Å²) in [4.78, 5) is 0. The molecule has 0 heterocycles. The number of hydrogen-bond acceptors (Lipinski definition) is 5. The first-order chi connectivity index (χ1) is 8.81. The molecule has 0 aromatic carbocycles. The van der Waals surface area contributed by atoms with Gasteiger partial charge in [0, 0.05) is 37.1 Å². The average molecular weight is 331 g/mol. The molecule has 2 atom stereocenters. The Morgan fingerprint density at radius 2 is 1.58 bits per heavy atom. The lowest BCUT2D eigenvalue weighted by molar-refractivity contribution is 0.0707. The van der Waals surface area contributed by atoms with Gasteiger partial charge in [0.15, 0.2) is 0 Å². The maximum atomic E-state index is 11.3. The highest BCUT2D eigenvalue weighted by molar-refractivity contribution is 8.30. The van der Waals surface area contributed by atoms with Gasteiger partial charge in [0.25, 0.3) is 0 Å². The first-order valence-corrected chi connectivity index (χ1v) is 11.1. The van der Waals surface area contributed by atoms with E-state index in [1.807, 2.05) is 20.8 Å². The van der Waals surface area contributed by atoms with Gasteiger partial charge in [0.05, 0.1) is 5.25 Å². The van der Waals surface area contributed by atoms with Crippen molar-refractivity contribution in [2.24, 2.45) is 0 Å². The summed E-state index contributed by atoms with van der Waals surface area (Å²) in [5.41, 5.74) is 0. The van der Waals surface area contributed by atoms with Gasteiger partial charge in [-0.1, -0.05) is 0 Å². The number of rotatable bonds is 11. The van der Waals surface area contributed by atoms with Crippen LogP contribution in [0, 0.1) is 0 Å². The molecule has 0 spiro atoms. The summed E-state index contributed by atoms with van der Waals surface area (Å²) in [6, 6.07) is 0.651. The first-order valence-electron chi connectivity index (χ1n) is 6.69. The normalized spacial score (nSPS) is 17.1. The fourth-order valence-corrected chi connectivity index (χ4v) is 5.15. The zero-order chi connectivity index (χ0) is 14.9. The molecule has 0 amide bonds. The molecule has 0 aromatic heterocycles. The largest absolute Gasteiger partial charge is 0.500 e. The molecule has 5 nitrogen and oxygen atoms in total. The zero-order valence-electron chi connectivity index (χ0n) is 12.2. The van der Waals surface area contributed by atoms with Crippen molar-refractivity contribution in [3.8, 4) is 0 Å². The van der Waals surface area contributed by atoms with Crippen LogP contribution in [0.4, 0.5) is 0 Å². The summed E-state index contributed by atoms with van der Waals surface area (Å²) in [5, 5.41) is -0.404. The topological polar surface area (TPSA) is 65.0 Å². The van der Waals surface area contributed by atoms with Gasteiger partial charge in [0.1, 0.15) is 8.77 Å². The highest BCUT2D eigenvalue weighted by Crippen LogP contribution is 2.21. The van der Waals surface area contributed by atoms with Crippen LogP contribution in [0.15, 0.2) is 0 Å². The van der Waals surface area contributed by atoms with E-state index in [0.717, 1.165) is 0 Å². The van der Waals surface area contributed by atoms with Gasteiger partial charge in [-0.3, -0.25) is 0 Å². The molecule has 0 radical (unpaired) electrons. The molecule has 19 heavy (non-hydrogen) atoms. The Labute approximate surface area is 122 Å². The monoisotopic (exact) mass is 330 g/mol. The third kappa shape index (κ3) is 7.69. The van der Waals surface area contributed by atoms with E-state index in [2.05, 4.69) is 11.2 Å². The van der Waals surface area contributed by atoms with Gasteiger partial charge in [0.2, 0.25) is 0 Å². The molecular formula is C11H26O5S2Si. The molecule has 1 N–H and O–H groups in total. The van der Waals surface area contributed by atoms with Crippen LogP contribution in [-0.2, 0) is 33.2 Å². The molecule has 0 aliphatic heterocycles. The van der Waals surface area contributed by atoms with Crippen LogP contribution >= 0.6 is 0 Å². The minimum Gasteiger partial charge on any atom is -0.374 e. The maximum absolute atomic E-state index is 11.3. The van der Waals surface area contributed by atoms with Crippen LogP contribution < -0.4 is 0 Å². The first kappa shape index (κ1) is 19.4. The van der Waals surface area contributed by atoms with Crippen LogP contribution in [-0.4, -0.2) is 42.6 Å². The van der Waals surface area contributed by atoms with Crippen molar-refractivity contribution in [3.05, 3.63) is 0 Å². The minimum atomic E-state index is -3.13. The Hall–Kier alpha value is 0.427. The van der Waals surface area contributed by atoms with Crippen LogP contribution in [0.5, 0.6) is 0 Å². The Kier molecular flexibility index (Phi) is 9.59. The lowest BCUT2D eigenvalue weighted by atomic mass is 10.3. The quantitative estimate of drug-likeness (QED) is 0.587. The van der Waals surface area contributed by atoms with Gasteiger partial charge < -0.3 is 17.8 Å². The van der Waals surface area contributed by atoms with Crippen molar-refractivity contribution in [1.82, 2.24) is 0 Å². The van der Waals surface area contributed by atoms with E-state index in [0.29, 0.717) is 38.7 Å². The molecule has 2 unspecified atom stereocenters. The standard InChI is InChI=1S/C11H26O5S2Si/c1-5-14-19(15-6-2,16-7-3)10-8-9-11(4)18(12,13)17/h11H,5-10H2,1-4H3,(H,12,13,17). The van der Waals surface area contributed by atoms with E-state index in [9.17, 15) is 8.76 Å². The predicted octanol–water partition coefficient (Wildman–Crippen LogP) is 2.42. The van der Waals surface area contributed by atoms with E-state index in [1.165, 1.54) is 0 Å². The molecule has 0 rings (SSSR count). The lowest BCUT2D eigenvalue weighted by Crippen LogP contribution is -2.46. The summed E-state index contributed by atoms with van der Waals surface area (Å²) < 4.78 is 37.7. The Balaban J connectivity index is 4.47. The molecule has 0 aliphatic carbocycles. The second kappa shape index (κ2) is 9.38. The Bertz CT molecular complexity index is 317. The molecule has 0 aromatic rings. The van der Waals surface area contributed by atoms with E-state index in [4.69, 9.17) is 13.3 Å². The molecule has 0 fully saturated rings. The molecule has 0 saturated carbocycles. The molecule has 8 heteroatoms. The second-order valence-electron chi connectivity index (χ2n) is 4.20. The van der Waals surface area contributed by atoms with Gasteiger partial charge >= 0.3 is 8.80 Å². The molecule has 0 aliphatic rings. The highest BCUT2D eigenvalue weighted by atomic mass is 32.8. The van der Waals surface area contributed by atoms with Crippen molar-refractivity contribution >= 4 is 28.8 Å². The van der Waals surface area contributed by atoms with Gasteiger partial charge in [-0.2, -0.15) is 0 Å². The van der Waals surface area contributed by atoms with Crippen LogP contribution in [0.2, 0.25) is 6.04 Å². The van der Waals surface area contributed by atoms with Crippen LogP contribution in [0.3, 0.4) is 0 Å². The lowest BCUT2D eigenvalue weighted by Gasteiger charge is -2.28. The summed E-state index contributed by atoms with van der Waals surface area (Å²) in [5.74, 6) is 0. The summed E-state index contributed by atoms with van der Waals surface area (Å²) in [6.45, 7) is 9.05. The molecule has 0 bridgehead atoms. The van der Waals surface area contributed by atoms with Crippen molar-refractivity contribution in [2.75, 3.05) is 19.8 Å². The van der Waals surface area contributed by atoms with Crippen LogP contribution in [0.1, 0.15) is 40.5 Å². The van der Waals surface area contributed by atoms with E-state index in [1.54, 1.807) is 6.92 Å². The van der Waals surface area contributed by atoms with Gasteiger partial charge in [-0.25, -0.2) is 4.21 Å². The van der Waals surface area contributed by atoms with Gasteiger partial charge in [-0.05, 0) is 40.5 Å². The SMILES string of the molecule is CCO[Si](CCCC(C)S(=O)(O)=S)(OCC)OCC. The smallest absolute Gasteiger partial charge is 0.374 e. The van der Waals surface area contributed by atoms with E-state index < -0.39 is 22.8 Å². The minimum absolute atomic E-state index is 0.404. The van der Waals surface area contributed by atoms with Gasteiger partial charge in [-0.15, -0.1) is 0 Å². The van der Waals surface area contributed by atoms with Crippen molar-refractivity contribution in [3.63, 3.8) is 0 Å². The van der Waals surface area contributed by atoms with Crippen molar-refractivity contribution < 1.29 is 22.0 Å². The van der Waals surface area contributed by atoms with E-state index >= 15 is 0 Å². The summed E-state index contributed by atoms with van der Waals surface area (Å²) in [6.07, 6.45) is 1.28. The Morgan fingerprint density at radius 3 is 1.89 bits per heavy atom. The summed E-state index contributed by atoms with van der Waals surface area (Å²) in [7, 11) is -5.76. The van der Waals surface area contributed by atoms with Crippen LogP contribution in [0.25, 0.3) is 0 Å². The molecule has 0 saturated heterocycles. The van der Waals surface area contributed by atoms with E-state index in [-0.39, 0.29) is 0 Å². The van der Waals surface area contributed by atoms with Crippen molar-refractivity contribution in [2.45, 2.75) is 51.8 Å². The average Bonchev–Trinajstić information content (AvgIpc) is 2.28. The maximum Gasteiger partial charge on any atom is 0.500 e. The fourth-order valence-electron chi connectivity index (χ4n) is 1.76. The predicted molar refractivity (Wildman–Crippen MR) is 82.3 cm³/mol. The molecule has 116 valence electrons. The molecular weight excluding hydrogens is 304 g/mol. The Morgan fingerprint density at radius 1 is 1.16 bits per heavy atom. The highest BCUT2D eigenvalue weighted by Gasteiger charge is 2.39. The number of hydrogen-bond donors (Lipinski definition) is 1. The second-order valence-corrected chi connectivity index (χ2v) is 10.2. The van der Waals surface area contributed by atoms with Crippen molar-refractivity contribution in [1.29, 1.82) is 0 Å². The third-order valence-corrected chi connectivity index (χ3v) is 8.08. The third-order valence-electron chi connectivity index (χ3n) is 2.69.